The molecule has 0 spiro atoms. The SMILES string of the molecule is CC(C)C(N)C(=O)NC(Cc1cnc[nH]1)C(=O)NC(CC(=O)O)C(=O)NC(Cc1ccccc1)C(=O)O. The zero-order chi connectivity index (χ0) is 27.5. The first-order chi connectivity index (χ1) is 17.5. The van der Waals surface area contributed by atoms with Crippen LogP contribution in [0.3, 0.4) is 0 Å². The van der Waals surface area contributed by atoms with Crippen LogP contribution in [0.2, 0.25) is 0 Å². The third-order valence-electron chi connectivity index (χ3n) is 5.54. The molecule has 13 heteroatoms. The van der Waals surface area contributed by atoms with Crippen LogP contribution in [0.1, 0.15) is 31.5 Å². The summed E-state index contributed by atoms with van der Waals surface area (Å²) < 4.78 is 0. The summed E-state index contributed by atoms with van der Waals surface area (Å²) in [5.74, 6) is -5.41. The fourth-order valence-electron chi connectivity index (χ4n) is 3.37. The molecule has 0 fully saturated rings. The monoisotopic (exact) mass is 516 g/mol. The molecule has 1 aromatic carbocycles. The number of hydrogen-bond donors (Lipinski definition) is 7. The maximum absolute atomic E-state index is 13.1. The summed E-state index contributed by atoms with van der Waals surface area (Å²) in [7, 11) is 0. The highest BCUT2D eigenvalue weighted by molar-refractivity contribution is 5.95. The Hall–Kier alpha value is -4.26. The van der Waals surface area contributed by atoms with Crippen LogP contribution in [0, 0.1) is 5.92 Å². The van der Waals surface area contributed by atoms with Crippen molar-refractivity contribution in [3.8, 4) is 0 Å². The van der Waals surface area contributed by atoms with E-state index in [-0.39, 0.29) is 18.8 Å². The van der Waals surface area contributed by atoms with Crippen molar-refractivity contribution in [3.63, 3.8) is 0 Å². The zero-order valence-electron chi connectivity index (χ0n) is 20.5. The largest absolute Gasteiger partial charge is 0.481 e. The predicted molar refractivity (Wildman–Crippen MR) is 131 cm³/mol. The third-order valence-corrected chi connectivity index (χ3v) is 5.54. The van der Waals surface area contributed by atoms with E-state index in [4.69, 9.17) is 5.73 Å². The van der Waals surface area contributed by atoms with Gasteiger partial charge in [-0.05, 0) is 11.5 Å². The second-order valence-electron chi connectivity index (χ2n) is 8.86. The van der Waals surface area contributed by atoms with Crippen molar-refractivity contribution in [2.24, 2.45) is 11.7 Å². The summed E-state index contributed by atoms with van der Waals surface area (Å²) >= 11 is 0. The second-order valence-corrected chi connectivity index (χ2v) is 8.86. The average Bonchev–Trinajstić information content (AvgIpc) is 3.35. The fourth-order valence-corrected chi connectivity index (χ4v) is 3.37. The van der Waals surface area contributed by atoms with E-state index in [0.29, 0.717) is 11.3 Å². The van der Waals surface area contributed by atoms with Crippen molar-refractivity contribution in [1.82, 2.24) is 25.9 Å². The number of nitrogens with two attached hydrogens (primary N) is 1. The average molecular weight is 517 g/mol. The molecule has 8 N–H and O–H groups in total. The van der Waals surface area contributed by atoms with Gasteiger partial charge in [0, 0.05) is 24.7 Å². The van der Waals surface area contributed by atoms with Gasteiger partial charge in [0.2, 0.25) is 17.7 Å². The third kappa shape index (κ3) is 9.37. The number of carbonyl (C=O) groups excluding carboxylic acids is 3. The van der Waals surface area contributed by atoms with Gasteiger partial charge in [0.05, 0.1) is 18.8 Å². The lowest BCUT2D eigenvalue weighted by molar-refractivity contribution is -0.143. The Balaban J connectivity index is 2.19. The smallest absolute Gasteiger partial charge is 0.326 e. The number of H-pyrrole nitrogens is 1. The van der Waals surface area contributed by atoms with Gasteiger partial charge in [-0.2, -0.15) is 0 Å². The van der Waals surface area contributed by atoms with Gasteiger partial charge in [-0.25, -0.2) is 9.78 Å². The van der Waals surface area contributed by atoms with Gasteiger partial charge >= 0.3 is 11.9 Å². The molecule has 3 amide bonds. The number of rotatable bonds is 14. The molecule has 4 unspecified atom stereocenters. The van der Waals surface area contributed by atoms with Crippen LogP contribution in [0.15, 0.2) is 42.9 Å². The van der Waals surface area contributed by atoms with Crippen LogP contribution in [-0.2, 0) is 36.8 Å². The number of hydrogen-bond acceptors (Lipinski definition) is 7. The van der Waals surface area contributed by atoms with Gasteiger partial charge < -0.3 is 36.9 Å². The van der Waals surface area contributed by atoms with E-state index in [2.05, 4.69) is 25.9 Å². The quantitative estimate of drug-likeness (QED) is 0.167. The Morgan fingerprint density at radius 3 is 2.03 bits per heavy atom. The van der Waals surface area contributed by atoms with Gasteiger partial charge in [-0.1, -0.05) is 44.2 Å². The fraction of sp³-hybridized carbons (Fsp3) is 0.417. The van der Waals surface area contributed by atoms with Crippen LogP contribution in [0.4, 0.5) is 0 Å². The molecule has 13 nitrogen and oxygen atoms in total. The first-order valence-electron chi connectivity index (χ1n) is 11.6. The van der Waals surface area contributed by atoms with Crippen LogP contribution in [-0.4, -0.2) is 74.0 Å². The Morgan fingerprint density at radius 2 is 1.49 bits per heavy atom. The molecule has 200 valence electrons. The van der Waals surface area contributed by atoms with Crippen molar-refractivity contribution >= 4 is 29.7 Å². The highest BCUT2D eigenvalue weighted by Gasteiger charge is 2.32. The van der Waals surface area contributed by atoms with Crippen molar-refractivity contribution in [3.05, 3.63) is 54.1 Å². The number of nitrogens with zero attached hydrogens (tertiary/aromatic N) is 1. The molecule has 4 atom stereocenters. The molecule has 37 heavy (non-hydrogen) atoms. The molecule has 2 rings (SSSR count). The summed E-state index contributed by atoms with van der Waals surface area (Å²) in [5.41, 5.74) is 7.01. The molecule has 0 aliphatic carbocycles. The number of aromatic amines is 1. The summed E-state index contributed by atoms with van der Waals surface area (Å²) in [6.45, 7) is 3.46. The Labute approximate surface area is 213 Å². The van der Waals surface area contributed by atoms with Gasteiger partial charge in [-0.15, -0.1) is 0 Å². The summed E-state index contributed by atoms with van der Waals surface area (Å²) in [6.07, 6.45) is 1.91. The minimum absolute atomic E-state index is 0.0461. The van der Waals surface area contributed by atoms with Crippen molar-refractivity contribution < 1.29 is 34.2 Å². The van der Waals surface area contributed by atoms with Crippen molar-refractivity contribution in [2.45, 2.75) is 57.3 Å². The van der Waals surface area contributed by atoms with E-state index in [9.17, 15) is 34.2 Å². The number of imidazole rings is 1. The molecular formula is C24H32N6O7. The number of nitrogens with one attached hydrogen (secondary N) is 4. The van der Waals surface area contributed by atoms with Crippen LogP contribution < -0.4 is 21.7 Å². The number of amides is 3. The maximum atomic E-state index is 13.1. The first kappa shape index (κ1) is 29.0. The number of carboxylic acids is 2. The van der Waals surface area contributed by atoms with Gasteiger partial charge in [0.15, 0.2) is 0 Å². The maximum Gasteiger partial charge on any atom is 0.326 e. The molecule has 0 bridgehead atoms. The lowest BCUT2D eigenvalue weighted by Gasteiger charge is -2.25. The number of carbonyl (C=O) groups is 5. The molecule has 1 aromatic heterocycles. The number of carboxylic acid groups (broad SMARTS) is 2. The van der Waals surface area contributed by atoms with Gasteiger partial charge in [-0.3, -0.25) is 19.2 Å². The van der Waals surface area contributed by atoms with Crippen LogP contribution >= 0.6 is 0 Å². The normalized spacial score (nSPS) is 14.2. The van der Waals surface area contributed by atoms with E-state index in [1.807, 2.05) is 0 Å². The Morgan fingerprint density at radius 1 is 0.892 bits per heavy atom. The van der Waals surface area contributed by atoms with Crippen LogP contribution in [0.25, 0.3) is 0 Å². The van der Waals surface area contributed by atoms with E-state index in [1.54, 1.807) is 44.2 Å². The number of aliphatic carboxylic acids is 2. The topological polar surface area (TPSA) is 217 Å². The minimum Gasteiger partial charge on any atom is -0.481 e. The lowest BCUT2D eigenvalue weighted by Crippen LogP contribution is -2.58. The summed E-state index contributed by atoms with van der Waals surface area (Å²) in [6, 6.07) is 3.43. The van der Waals surface area contributed by atoms with E-state index >= 15 is 0 Å². The van der Waals surface area contributed by atoms with Gasteiger partial charge in [0.25, 0.3) is 0 Å². The molecule has 0 saturated carbocycles. The minimum atomic E-state index is -1.61. The molecule has 0 aliphatic heterocycles. The standard InChI is InChI=1S/C24H32N6O7/c1-13(2)20(25)23(35)29-16(9-15-11-26-12-27-15)21(33)28-17(10-19(31)32)22(34)30-18(24(36)37)8-14-6-4-3-5-7-14/h3-7,11-13,16-18,20H,8-10,25H2,1-2H3,(H,26,27)(H,28,33)(H,29,35)(H,30,34)(H,31,32)(H,36,37). The highest BCUT2D eigenvalue weighted by atomic mass is 16.4. The predicted octanol–water partition coefficient (Wildman–Crippen LogP) is -0.808. The molecule has 0 aliphatic rings. The van der Waals surface area contributed by atoms with Crippen molar-refractivity contribution in [1.29, 1.82) is 0 Å². The van der Waals surface area contributed by atoms with E-state index in [1.165, 1.54) is 12.5 Å². The highest BCUT2D eigenvalue weighted by Crippen LogP contribution is 2.07. The molecule has 1 heterocycles. The Kier molecular flexibility index (Phi) is 10.8. The number of aromatic nitrogens is 2. The lowest BCUT2D eigenvalue weighted by atomic mass is 10.0. The molecule has 0 saturated heterocycles. The van der Waals surface area contributed by atoms with Gasteiger partial charge in [0.1, 0.15) is 18.1 Å². The van der Waals surface area contributed by atoms with E-state index in [0.717, 1.165) is 0 Å². The summed E-state index contributed by atoms with van der Waals surface area (Å²) in [4.78, 5) is 68.4. The second kappa shape index (κ2) is 13.7. The molecular weight excluding hydrogens is 484 g/mol. The van der Waals surface area contributed by atoms with Crippen molar-refractivity contribution in [2.75, 3.05) is 0 Å². The van der Waals surface area contributed by atoms with E-state index < -0.39 is 60.2 Å². The number of benzene rings is 1. The van der Waals surface area contributed by atoms with Crippen LogP contribution in [0.5, 0.6) is 0 Å². The molecule has 0 radical (unpaired) electrons. The summed E-state index contributed by atoms with van der Waals surface area (Å²) in [5, 5.41) is 26.0. The Bertz CT molecular complexity index is 1070. The molecule has 2 aromatic rings. The first-order valence-corrected chi connectivity index (χ1v) is 11.6. The zero-order valence-corrected chi connectivity index (χ0v) is 20.5.